The maximum absolute atomic E-state index is 12.4. The molecule has 0 saturated heterocycles. The highest BCUT2D eigenvalue weighted by Gasteiger charge is 2.39. The molecule has 110 valence electrons. The van der Waals surface area contributed by atoms with Gasteiger partial charge in [-0.25, -0.2) is 0 Å². The molecule has 0 heterocycles. The summed E-state index contributed by atoms with van der Waals surface area (Å²) in [4.78, 5) is 12.4. The first-order valence-electron chi connectivity index (χ1n) is 7.52. The van der Waals surface area contributed by atoms with E-state index >= 15 is 0 Å². The number of carbonyl (C=O) groups is 1. The standard InChI is InChI=1S/C21H20O/c1-14(2)20(22)13-21(4)18-11-7-5-9-16(18)15(3)17-10-6-8-12-19(17)21/h5-12H,1,3,13H2,2,4H3. The normalized spacial score (nSPS) is 14.9. The number of fused-ring (bicyclic) bond motifs is 2. The summed E-state index contributed by atoms with van der Waals surface area (Å²) in [5.74, 6) is 0.111. The summed E-state index contributed by atoms with van der Waals surface area (Å²) in [6, 6.07) is 16.5. The number of hydrogen-bond donors (Lipinski definition) is 0. The summed E-state index contributed by atoms with van der Waals surface area (Å²) < 4.78 is 0. The van der Waals surface area contributed by atoms with Crippen molar-refractivity contribution in [1.29, 1.82) is 0 Å². The van der Waals surface area contributed by atoms with Crippen LogP contribution in [-0.2, 0) is 10.2 Å². The van der Waals surface area contributed by atoms with E-state index < -0.39 is 0 Å². The van der Waals surface area contributed by atoms with Crippen LogP contribution in [0.2, 0.25) is 0 Å². The zero-order valence-corrected chi connectivity index (χ0v) is 13.1. The van der Waals surface area contributed by atoms with Crippen LogP contribution < -0.4 is 0 Å². The molecule has 0 saturated carbocycles. The van der Waals surface area contributed by atoms with E-state index in [1.54, 1.807) is 6.92 Å². The molecule has 1 aliphatic carbocycles. The van der Waals surface area contributed by atoms with Gasteiger partial charge in [0.25, 0.3) is 0 Å². The van der Waals surface area contributed by atoms with E-state index in [1.807, 2.05) is 24.3 Å². The van der Waals surface area contributed by atoms with Gasteiger partial charge in [0.15, 0.2) is 5.78 Å². The van der Waals surface area contributed by atoms with E-state index in [1.165, 1.54) is 11.1 Å². The third kappa shape index (κ3) is 2.05. The molecule has 0 amide bonds. The maximum atomic E-state index is 12.4. The van der Waals surface area contributed by atoms with Gasteiger partial charge >= 0.3 is 0 Å². The third-order valence-electron chi connectivity index (χ3n) is 4.68. The van der Waals surface area contributed by atoms with Crippen LogP contribution in [0.3, 0.4) is 0 Å². The largest absolute Gasteiger partial charge is 0.295 e. The first kappa shape index (κ1) is 14.5. The molecule has 0 N–H and O–H groups in total. The molecule has 0 fully saturated rings. The van der Waals surface area contributed by atoms with Crippen molar-refractivity contribution in [2.45, 2.75) is 25.7 Å². The predicted octanol–water partition coefficient (Wildman–Crippen LogP) is 4.90. The van der Waals surface area contributed by atoms with Crippen molar-refractivity contribution in [2.24, 2.45) is 0 Å². The van der Waals surface area contributed by atoms with Crippen LogP contribution in [0.1, 0.15) is 42.5 Å². The van der Waals surface area contributed by atoms with E-state index in [2.05, 4.69) is 44.3 Å². The molecular weight excluding hydrogens is 268 g/mol. The topological polar surface area (TPSA) is 17.1 Å². The van der Waals surface area contributed by atoms with Gasteiger partial charge in [0.1, 0.15) is 0 Å². The van der Waals surface area contributed by atoms with Crippen molar-refractivity contribution in [3.8, 4) is 0 Å². The summed E-state index contributed by atoms with van der Waals surface area (Å²) >= 11 is 0. The van der Waals surface area contributed by atoms with E-state index in [4.69, 9.17) is 0 Å². The van der Waals surface area contributed by atoms with E-state index in [-0.39, 0.29) is 11.2 Å². The first-order chi connectivity index (χ1) is 10.4. The van der Waals surface area contributed by atoms with Gasteiger partial charge < -0.3 is 0 Å². The van der Waals surface area contributed by atoms with Crippen molar-refractivity contribution in [1.82, 2.24) is 0 Å². The van der Waals surface area contributed by atoms with E-state index in [9.17, 15) is 4.79 Å². The molecule has 1 nitrogen and oxygen atoms in total. The molecular formula is C21H20O. The number of carbonyl (C=O) groups excluding carboxylic acids is 1. The molecule has 0 bridgehead atoms. The average molecular weight is 288 g/mol. The Morgan fingerprint density at radius 1 is 1.00 bits per heavy atom. The van der Waals surface area contributed by atoms with E-state index in [0.29, 0.717) is 12.0 Å². The van der Waals surface area contributed by atoms with Crippen molar-refractivity contribution in [3.05, 3.63) is 89.5 Å². The second-order valence-electron chi connectivity index (χ2n) is 6.28. The molecule has 2 aromatic rings. The molecule has 22 heavy (non-hydrogen) atoms. The first-order valence-corrected chi connectivity index (χ1v) is 7.52. The predicted molar refractivity (Wildman–Crippen MR) is 91.9 cm³/mol. The van der Waals surface area contributed by atoms with E-state index in [0.717, 1.165) is 16.7 Å². The fourth-order valence-corrected chi connectivity index (χ4v) is 3.41. The minimum Gasteiger partial charge on any atom is -0.295 e. The summed E-state index contributed by atoms with van der Waals surface area (Å²) in [5.41, 5.74) is 5.93. The monoisotopic (exact) mass is 288 g/mol. The molecule has 0 radical (unpaired) electrons. The Bertz CT molecular complexity index is 746. The highest BCUT2D eigenvalue weighted by Crippen LogP contribution is 2.47. The fraction of sp³-hybridized carbons (Fsp3) is 0.190. The number of allylic oxidation sites excluding steroid dienone is 1. The van der Waals surface area contributed by atoms with Crippen LogP contribution in [0.4, 0.5) is 0 Å². The molecule has 3 rings (SSSR count). The SMILES string of the molecule is C=C(C)C(=O)CC1(C)c2ccccc2C(=C)c2ccccc21. The van der Waals surface area contributed by atoms with Gasteiger partial charge in [-0.05, 0) is 40.3 Å². The second kappa shape index (κ2) is 5.10. The molecule has 2 aromatic carbocycles. The lowest BCUT2D eigenvalue weighted by molar-refractivity contribution is -0.116. The molecule has 0 spiro atoms. The Balaban J connectivity index is 2.26. The number of Topliss-reactive ketones (excluding diaryl/α,β-unsaturated/α-hetero) is 1. The smallest absolute Gasteiger partial charge is 0.159 e. The van der Waals surface area contributed by atoms with Gasteiger partial charge in [0, 0.05) is 11.8 Å². The lowest BCUT2D eigenvalue weighted by Gasteiger charge is -2.38. The van der Waals surface area contributed by atoms with Crippen LogP contribution in [0.5, 0.6) is 0 Å². The summed E-state index contributed by atoms with van der Waals surface area (Å²) in [7, 11) is 0. The molecule has 0 unspecified atom stereocenters. The van der Waals surface area contributed by atoms with Crippen molar-refractivity contribution in [3.63, 3.8) is 0 Å². The van der Waals surface area contributed by atoms with Gasteiger partial charge in [0.05, 0.1) is 0 Å². The molecule has 0 aliphatic heterocycles. The lowest BCUT2D eigenvalue weighted by Crippen LogP contribution is -2.32. The number of rotatable bonds is 3. The zero-order chi connectivity index (χ0) is 15.9. The highest BCUT2D eigenvalue weighted by molar-refractivity contribution is 5.97. The number of hydrogen-bond acceptors (Lipinski definition) is 1. The van der Waals surface area contributed by atoms with Crippen molar-refractivity contribution >= 4 is 11.4 Å². The van der Waals surface area contributed by atoms with Crippen LogP contribution in [0.25, 0.3) is 5.57 Å². The van der Waals surface area contributed by atoms with Crippen LogP contribution in [-0.4, -0.2) is 5.78 Å². The number of benzene rings is 2. The minimum absolute atomic E-state index is 0.111. The Morgan fingerprint density at radius 3 is 1.91 bits per heavy atom. The maximum Gasteiger partial charge on any atom is 0.159 e. The molecule has 1 aliphatic rings. The Hall–Kier alpha value is -2.41. The molecule has 0 atom stereocenters. The third-order valence-corrected chi connectivity index (χ3v) is 4.68. The second-order valence-corrected chi connectivity index (χ2v) is 6.28. The Kier molecular flexibility index (Phi) is 3.37. The highest BCUT2D eigenvalue weighted by atomic mass is 16.1. The van der Waals surface area contributed by atoms with Crippen LogP contribution >= 0.6 is 0 Å². The average Bonchev–Trinajstić information content (AvgIpc) is 2.53. The number of ketones is 1. The summed E-state index contributed by atoms with van der Waals surface area (Å²) in [5, 5.41) is 0. The summed E-state index contributed by atoms with van der Waals surface area (Å²) in [6.07, 6.45) is 0.434. The van der Waals surface area contributed by atoms with Gasteiger partial charge in [-0.3, -0.25) is 4.79 Å². The van der Waals surface area contributed by atoms with Crippen molar-refractivity contribution in [2.75, 3.05) is 0 Å². The molecule has 0 aromatic heterocycles. The van der Waals surface area contributed by atoms with Gasteiger partial charge in [-0.15, -0.1) is 0 Å². The summed E-state index contributed by atoms with van der Waals surface area (Å²) in [6.45, 7) is 12.0. The lowest BCUT2D eigenvalue weighted by atomic mass is 9.64. The Morgan fingerprint density at radius 2 is 1.45 bits per heavy atom. The van der Waals surface area contributed by atoms with Crippen molar-refractivity contribution < 1.29 is 4.79 Å². The van der Waals surface area contributed by atoms with Gasteiger partial charge in [-0.2, -0.15) is 0 Å². The van der Waals surface area contributed by atoms with Gasteiger partial charge in [0.2, 0.25) is 0 Å². The quantitative estimate of drug-likeness (QED) is 0.734. The Labute approximate surface area is 132 Å². The fourth-order valence-electron chi connectivity index (χ4n) is 3.41. The van der Waals surface area contributed by atoms with Gasteiger partial charge in [-0.1, -0.05) is 68.6 Å². The molecule has 1 heteroatoms. The van der Waals surface area contributed by atoms with Crippen LogP contribution in [0.15, 0.2) is 67.3 Å². The zero-order valence-electron chi connectivity index (χ0n) is 13.1. The van der Waals surface area contributed by atoms with Crippen LogP contribution in [0, 0.1) is 0 Å². The minimum atomic E-state index is -0.343.